The van der Waals surface area contributed by atoms with Gasteiger partial charge in [-0.05, 0) is 32.9 Å². The van der Waals surface area contributed by atoms with E-state index in [-0.39, 0.29) is 24.0 Å². The Bertz CT molecular complexity index is 422. The van der Waals surface area contributed by atoms with E-state index in [2.05, 4.69) is 11.8 Å². The van der Waals surface area contributed by atoms with Crippen LogP contribution >= 0.6 is 0 Å². The van der Waals surface area contributed by atoms with E-state index in [1.807, 2.05) is 19.9 Å². The van der Waals surface area contributed by atoms with Gasteiger partial charge < -0.3 is 15.4 Å². The van der Waals surface area contributed by atoms with Gasteiger partial charge in [0.2, 0.25) is 0 Å². The molecule has 1 aromatic rings. The van der Waals surface area contributed by atoms with Crippen molar-refractivity contribution in [1.29, 1.82) is 0 Å². The lowest BCUT2D eigenvalue weighted by Crippen LogP contribution is -2.48. The second kappa shape index (κ2) is 5.24. The van der Waals surface area contributed by atoms with Gasteiger partial charge in [-0.25, -0.2) is 4.39 Å². The Kier molecular flexibility index (Phi) is 3.88. The highest BCUT2D eigenvalue weighted by molar-refractivity contribution is 5.56. The zero-order valence-corrected chi connectivity index (χ0v) is 11.2. The minimum absolute atomic E-state index is 0.158. The van der Waals surface area contributed by atoms with Crippen LogP contribution in [-0.2, 0) is 4.74 Å². The van der Waals surface area contributed by atoms with Crippen molar-refractivity contribution in [2.24, 2.45) is 5.73 Å². The number of morpholine rings is 1. The molecule has 0 bridgehead atoms. The number of benzene rings is 1. The molecule has 1 aliphatic rings. The standard InChI is InChI=1S/C14H21FN2O/c1-9-8-18-10(2)7-17(9)13-6-4-5-12(15)14(13)11(3)16/h4-6,9-11H,7-8,16H2,1-3H3/t9?,10?,11-/m0/s1. The molecule has 4 heteroatoms. The minimum Gasteiger partial charge on any atom is -0.375 e. The van der Waals surface area contributed by atoms with Gasteiger partial charge in [-0.2, -0.15) is 0 Å². The third-order valence-corrected chi connectivity index (χ3v) is 3.40. The number of ether oxygens (including phenoxy) is 1. The largest absolute Gasteiger partial charge is 0.375 e. The highest BCUT2D eigenvalue weighted by atomic mass is 19.1. The summed E-state index contributed by atoms with van der Waals surface area (Å²) in [4.78, 5) is 2.19. The lowest BCUT2D eigenvalue weighted by atomic mass is 10.0. The lowest BCUT2D eigenvalue weighted by Gasteiger charge is -2.40. The number of hydrogen-bond acceptors (Lipinski definition) is 3. The van der Waals surface area contributed by atoms with Gasteiger partial charge in [-0.3, -0.25) is 0 Å². The second-order valence-electron chi connectivity index (χ2n) is 5.11. The van der Waals surface area contributed by atoms with Crippen LogP contribution in [0.5, 0.6) is 0 Å². The molecule has 1 aromatic carbocycles. The Hall–Kier alpha value is -1.13. The fourth-order valence-corrected chi connectivity index (χ4v) is 2.47. The van der Waals surface area contributed by atoms with Gasteiger partial charge in [-0.15, -0.1) is 0 Å². The summed E-state index contributed by atoms with van der Waals surface area (Å²) in [5, 5.41) is 0. The number of halogens is 1. The normalized spacial score (nSPS) is 26.2. The number of rotatable bonds is 2. The molecule has 0 radical (unpaired) electrons. The summed E-state index contributed by atoms with van der Waals surface area (Å²) in [6, 6.07) is 5.07. The number of nitrogens with two attached hydrogens (primary N) is 1. The molecule has 0 aliphatic carbocycles. The third kappa shape index (κ3) is 2.49. The Morgan fingerprint density at radius 1 is 1.44 bits per heavy atom. The third-order valence-electron chi connectivity index (χ3n) is 3.40. The maximum Gasteiger partial charge on any atom is 0.130 e. The number of hydrogen-bond donors (Lipinski definition) is 1. The van der Waals surface area contributed by atoms with E-state index in [1.165, 1.54) is 6.07 Å². The Morgan fingerprint density at radius 2 is 2.17 bits per heavy atom. The van der Waals surface area contributed by atoms with Crippen LogP contribution in [0, 0.1) is 5.82 Å². The monoisotopic (exact) mass is 252 g/mol. The first kappa shape index (κ1) is 13.3. The molecule has 3 atom stereocenters. The van der Waals surface area contributed by atoms with Crippen LogP contribution in [0.1, 0.15) is 32.4 Å². The SMILES string of the molecule is CC1CN(c2cccc(F)c2[C@H](C)N)C(C)CO1. The minimum atomic E-state index is -0.313. The van der Waals surface area contributed by atoms with E-state index in [9.17, 15) is 4.39 Å². The summed E-state index contributed by atoms with van der Waals surface area (Å²) < 4.78 is 19.5. The van der Waals surface area contributed by atoms with Crippen LogP contribution in [0.15, 0.2) is 18.2 Å². The molecular weight excluding hydrogens is 231 g/mol. The molecule has 1 aliphatic heterocycles. The fraction of sp³-hybridized carbons (Fsp3) is 0.571. The quantitative estimate of drug-likeness (QED) is 0.878. The van der Waals surface area contributed by atoms with E-state index in [0.29, 0.717) is 12.2 Å². The molecule has 0 spiro atoms. The van der Waals surface area contributed by atoms with Crippen molar-refractivity contribution in [1.82, 2.24) is 0 Å². The molecule has 18 heavy (non-hydrogen) atoms. The van der Waals surface area contributed by atoms with E-state index in [1.54, 1.807) is 6.07 Å². The average molecular weight is 252 g/mol. The van der Waals surface area contributed by atoms with Crippen LogP contribution in [0.2, 0.25) is 0 Å². The summed E-state index contributed by atoms with van der Waals surface area (Å²) in [6.07, 6.45) is 0.158. The van der Waals surface area contributed by atoms with Crippen molar-refractivity contribution < 1.29 is 9.13 Å². The topological polar surface area (TPSA) is 38.5 Å². The fourth-order valence-electron chi connectivity index (χ4n) is 2.47. The zero-order chi connectivity index (χ0) is 13.3. The first-order valence-electron chi connectivity index (χ1n) is 6.43. The highest BCUT2D eigenvalue weighted by Gasteiger charge is 2.27. The summed E-state index contributed by atoms with van der Waals surface area (Å²) in [5.74, 6) is -0.228. The van der Waals surface area contributed by atoms with E-state index >= 15 is 0 Å². The van der Waals surface area contributed by atoms with Crippen molar-refractivity contribution in [3.05, 3.63) is 29.6 Å². The molecule has 100 valence electrons. The average Bonchev–Trinajstić information content (AvgIpc) is 2.31. The summed E-state index contributed by atoms with van der Waals surface area (Å²) in [5.41, 5.74) is 7.40. The van der Waals surface area contributed by atoms with E-state index in [4.69, 9.17) is 10.5 Å². The predicted molar refractivity (Wildman–Crippen MR) is 71.2 cm³/mol. The van der Waals surface area contributed by atoms with Crippen LogP contribution in [0.3, 0.4) is 0 Å². The number of nitrogens with zero attached hydrogens (tertiary/aromatic N) is 1. The van der Waals surface area contributed by atoms with Gasteiger partial charge in [0.1, 0.15) is 5.82 Å². The molecule has 2 unspecified atom stereocenters. The molecule has 1 heterocycles. The van der Waals surface area contributed by atoms with Crippen molar-refractivity contribution in [3.8, 4) is 0 Å². The van der Waals surface area contributed by atoms with Gasteiger partial charge in [0.25, 0.3) is 0 Å². The Labute approximate surface area is 108 Å². The molecule has 0 amide bonds. The molecule has 1 fully saturated rings. The van der Waals surface area contributed by atoms with Gasteiger partial charge >= 0.3 is 0 Å². The molecule has 1 saturated heterocycles. The van der Waals surface area contributed by atoms with Crippen LogP contribution < -0.4 is 10.6 Å². The van der Waals surface area contributed by atoms with Gasteiger partial charge in [0.05, 0.1) is 12.7 Å². The van der Waals surface area contributed by atoms with Crippen molar-refractivity contribution >= 4 is 5.69 Å². The smallest absolute Gasteiger partial charge is 0.130 e. The van der Waals surface area contributed by atoms with Crippen molar-refractivity contribution in [2.75, 3.05) is 18.1 Å². The van der Waals surface area contributed by atoms with Crippen LogP contribution in [0.25, 0.3) is 0 Å². The summed E-state index contributed by atoms with van der Waals surface area (Å²) >= 11 is 0. The Balaban J connectivity index is 2.40. The molecule has 0 saturated carbocycles. The molecule has 0 aromatic heterocycles. The highest BCUT2D eigenvalue weighted by Crippen LogP contribution is 2.30. The van der Waals surface area contributed by atoms with Gasteiger partial charge in [0, 0.05) is 29.9 Å². The van der Waals surface area contributed by atoms with Crippen LogP contribution in [0.4, 0.5) is 10.1 Å². The van der Waals surface area contributed by atoms with Gasteiger partial charge in [-0.1, -0.05) is 6.07 Å². The Morgan fingerprint density at radius 3 is 2.83 bits per heavy atom. The van der Waals surface area contributed by atoms with E-state index < -0.39 is 0 Å². The molecule has 3 nitrogen and oxygen atoms in total. The van der Waals surface area contributed by atoms with Crippen molar-refractivity contribution in [3.63, 3.8) is 0 Å². The summed E-state index contributed by atoms with van der Waals surface area (Å²) in [6.45, 7) is 7.36. The molecule has 2 rings (SSSR count). The number of anilines is 1. The van der Waals surface area contributed by atoms with E-state index in [0.717, 1.165) is 12.2 Å². The zero-order valence-electron chi connectivity index (χ0n) is 11.2. The van der Waals surface area contributed by atoms with Crippen LogP contribution in [-0.4, -0.2) is 25.3 Å². The second-order valence-corrected chi connectivity index (χ2v) is 5.11. The lowest BCUT2D eigenvalue weighted by molar-refractivity contribution is 0.0342. The molecule has 2 N–H and O–H groups in total. The van der Waals surface area contributed by atoms with Gasteiger partial charge in [0.15, 0.2) is 0 Å². The molecular formula is C14H21FN2O. The predicted octanol–water partition coefficient (Wildman–Crippen LogP) is 2.46. The summed E-state index contributed by atoms with van der Waals surface area (Å²) in [7, 11) is 0. The van der Waals surface area contributed by atoms with Crippen molar-refractivity contribution in [2.45, 2.75) is 39.0 Å². The maximum atomic E-state index is 13.9. The first-order chi connectivity index (χ1) is 8.50. The first-order valence-corrected chi connectivity index (χ1v) is 6.43. The maximum absolute atomic E-state index is 13.9.